The van der Waals surface area contributed by atoms with Gasteiger partial charge in [0.15, 0.2) is 5.75 Å². The normalized spacial score (nSPS) is 15.0. The lowest BCUT2D eigenvalue weighted by atomic mass is 10.2. The van der Waals surface area contributed by atoms with Crippen molar-refractivity contribution >= 4 is 85.4 Å². The Labute approximate surface area is 212 Å². The second-order valence-electron chi connectivity index (χ2n) is 6.72. The molecular weight excluding hydrogens is 557 g/mol. The summed E-state index contributed by atoms with van der Waals surface area (Å²) in [4.78, 5) is 26.6. The lowest BCUT2D eigenvalue weighted by molar-refractivity contribution is -0.113. The summed E-state index contributed by atoms with van der Waals surface area (Å²) in [5, 5.41) is 0.730. The van der Waals surface area contributed by atoms with Crippen molar-refractivity contribution in [3.8, 4) is 5.75 Å². The highest BCUT2D eigenvalue weighted by atomic mass is 79.9. The van der Waals surface area contributed by atoms with E-state index in [2.05, 4.69) is 15.9 Å². The van der Waals surface area contributed by atoms with Gasteiger partial charge in [0.1, 0.15) is 6.61 Å². The summed E-state index contributed by atoms with van der Waals surface area (Å²) in [6.07, 6.45) is 1.58. The topological polar surface area (TPSA) is 46.6 Å². The molecule has 4 nitrogen and oxygen atoms in total. The number of hydrogen-bond acceptors (Lipinski definition) is 4. The van der Waals surface area contributed by atoms with Gasteiger partial charge >= 0.3 is 0 Å². The molecule has 0 N–H and O–H groups in total. The SMILES string of the molecule is O=C1S/C(=C/c2cc(Cl)c(OCc3ccc(Br)cc3)c(Cl)c2)C(=O)N1c1ccc(Cl)cc1. The Balaban J connectivity index is 1.54. The van der Waals surface area contributed by atoms with Crippen LogP contribution in [0.25, 0.3) is 6.08 Å². The molecule has 4 rings (SSSR count). The predicted octanol–water partition coefficient (Wildman–Crippen LogP) is 8.23. The third-order valence-corrected chi connectivity index (χ3v) is 6.71. The number of imide groups is 1. The number of carbonyl (C=O) groups excluding carboxylic acids is 2. The molecule has 0 aromatic heterocycles. The van der Waals surface area contributed by atoms with Crippen molar-refractivity contribution < 1.29 is 14.3 Å². The minimum atomic E-state index is -0.426. The molecule has 3 aromatic carbocycles. The highest BCUT2D eigenvalue weighted by molar-refractivity contribution is 9.10. The van der Waals surface area contributed by atoms with Crippen LogP contribution < -0.4 is 9.64 Å². The van der Waals surface area contributed by atoms with Gasteiger partial charge in [-0.25, -0.2) is 4.90 Å². The van der Waals surface area contributed by atoms with Crippen LogP contribution in [0.15, 0.2) is 70.0 Å². The summed E-state index contributed by atoms with van der Waals surface area (Å²) in [7, 11) is 0. The number of ether oxygens (including phenoxy) is 1. The molecule has 162 valence electrons. The molecule has 1 fully saturated rings. The minimum Gasteiger partial charge on any atom is -0.486 e. The molecule has 9 heteroatoms. The van der Waals surface area contributed by atoms with Crippen molar-refractivity contribution in [2.75, 3.05) is 4.90 Å². The van der Waals surface area contributed by atoms with Crippen LogP contribution in [0.2, 0.25) is 15.1 Å². The van der Waals surface area contributed by atoms with E-state index in [0.29, 0.717) is 38.7 Å². The van der Waals surface area contributed by atoms with Gasteiger partial charge in [0.05, 0.1) is 20.6 Å². The van der Waals surface area contributed by atoms with Crippen LogP contribution in [0.1, 0.15) is 11.1 Å². The Morgan fingerprint density at radius 3 is 2.19 bits per heavy atom. The fourth-order valence-corrected chi connectivity index (χ4v) is 4.81. The molecule has 0 bridgehead atoms. The first-order valence-corrected chi connectivity index (χ1v) is 12.0. The number of anilines is 1. The summed E-state index contributed by atoms with van der Waals surface area (Å²) in [6, 6.07) is 17.5. The molecule has 1 aliphatic rings. The van der Waals surface area contributed by atoms with E-state index < -0.39 is 11.1 Å². The number of halogens is 4. The molecule has 2 amide bonds. The van der Waals surface area contributed by atoms with Crippen LogP contribution in [0.5, 0.6) is 5.75 Å². The number of carbonyl (C=O) groups is 2. The third-order valence-electron chi connectivity index (χ3n) is 4.49. The number of rotatable bonds is 5. The molecule has 0 atom stereocenters. The maximum atomic E-state index is 12.8. The highest BCUT2D eigenvalue weighted by Crippen LogP contribution is 2.39. The van der Waals surface area contributed by atoms with Gasteiger partial charge < -0.3 is 4.74 Å². The quantitative estimate of drug-likeness (QED) is 0.291. The van der Waals surface area contributed by atoms with Gasteiger partial charge in [0.2, 0.25) is 0 Å². The van der Waals surface area contributed by atoms with E-state index in [-0.39, 0.29) is 4.91 Å². The number of hydrogen-bond donors (Lipinski definition) is 0. The smallest absolute Gasteiger partial charge is 0.298 e. The number of nitrogens with zero attached hydrogens (tertiary/aromatic N) is 1. The second kappa shape index (κ2) is 9.89. The number of thioether (sulfide) groups is 1. The Morgan fingerprint density at radius 1 is 0.938 bits per heavy atom. The lowest BCUT2D eigenvalue weighted by Crippen LogP contribution is -2.27. The third kappa shape index (κ3) is 5.16. The van der Waals surface area contributed by atoms with Crippen LogP contribution in [0, 0.1) is 0 Å². The fraction of sp³-hybridized carbons (Fsp3) is 0.0435. The average molecular weight is 570 g/mol. The Hall–Kier alpha value is -1.96. The summed E-state index contributed by atoms with van der Waals surface area (Å²) < 4.78 is 6.77. The molecule has 32 heavy (non-hydrogen) atoms. The van der Waals surface area contributed by atoms with Gasteiger partial charge in [0.25, 0.3) is 11.1 Å². The molecule has 0 spiro atoms. The van der Waals surface area contributed by atoms with E-state index in [4.69, 9.17) is 39.5 Å². The average Bonchev–Trinajstić information content (AvgIpc) is 3.02. The van der Waals surface area contributed by atoms with Crippen molar-refractivity contribution in [1.29, 1.82) is 0 Å². The van der Waals surface area contributed by atoms with Gasteiger partial charge in [-0.05, 0) is 77.5 Å². The van der Waals surface area contributed by atoms with E-state index in [9.17, 15) is 9.59 Å². The molecule has 1 aliphatic heterocycles. The molecule has 0 aliphatic carbocycles. The van der Waals surface area contributed by atoms with Crippen molar-refractivity contribution in [1.82, 2.24) is 0 Å². The fourth-order valence-electron chi connectivity index (χ4n) is 2.97. The van der Waals surface area contributed by atoms with Gasteiger partial charge in [-0.15, -0.1) is 0 Å². The van der Waals surface area contributed by atoms with E-state index in [1.165, 1.54) is 0 Å². The molecule has 0 saturated carbocycles. The Kier molecular flexibility index (Phi) is 7.17. The predicted molar refractivity (Wildman–Crippen MR) is 135 cm³/mol. The van der Waals surface area contributed by atoms with Crippen molar-refractivity contribution in [2.45, 2.75) is 6.61 Å². The van der Waals surface area contributed by atoms with E-state index in [0.717, 1.165) is 26.7 Å². The molecule has 1 heterocycles. The van der Waals surface area contributed by atoms with Crippen LogP contribution >= 0.6 is 62.5 Å². The molecule has 0 radical (unpaired) electrons. The van der Waals surface area contributed by atoms with Crippen LogP contribution in [-0.4, -0.2) is 11.1 Å². The first-order valence-electron chi connectivity index (χ1n) is 9.21. The van der Waals surface area contributed by atoms with Crippen LogP contribution in [0.4, 0.5) is 10.5 Å². The van der Waals surface area contributed by atoms with Crippen molar-refractivity contribution in [3.63, 3.8) is 0 Å². The molecule has 0 unspecified atom stereocenters. The number of benzene rings is 3. The maximum Gasteiger partial charge on any atom is 0.298 e. The lowest BCUT2D eigenvalue weighted by Gasteiger charge is -2.12. The minimum absolute atomic E-state index is 0.264. The highest BCUT2D eigenvalue weighted by Gasteiger charge is 2.36. The monoisotopic (exact) mass is 567 g/mol. The molecule has 1 saturated heterocycles. The van der Waals surface area contributed by atoms with Crippen LogP contribution in [0.3, 0.4) is 0 Å². The van der Waals surface area contributed by atoms with Crippen molar-refractivity contribution in [2.24, 2.45) is 0 Å². The standard InChI is InChI=1S/C23H13BrCl3NO3S/c24-15-3-1-13(2-4-15)12-31-21-18(26)9-14(10-19(21)27)11-20-22(29)28(23(30)32-20)17-7-5-16(25)6-8-17/h1-11H,12H2/b20-11+. The van der Waals surface area contributed by atoms with Gasteiger partial charge in [-0.2, -0.15) is 0 Å². The zero-order valence-electron chi connectivity index (χ0n) is 16.2. The second-order valence-corrected chi connectivity index (χ2v) is 9.88. The largest absolute Gasteiger partial charge is 0.486 e. The van der Waals surface area contributed by atoms with Gasteiger partial charge in [0, 0.05) is 9.50 Å². The first kappa shape index (κ1) is 23.2. The maximum absolute atomic E-state index is 12.8. The summed E-state index contributed by atoms with van der Waals surface area (Å²) in [5.74, 6) is -0.0761. The summed E-state index contributed by atoms with van der Waals surface area (Å²) in [5.41, 5.74) is 1.99. The van der Waals surface area contributed by atoms with Crippen LogP contribution in [-0.2, 0) is 11.4 Å². The van der Waals surface area contributed by atoms with E-state index >= 15 is 0 Å². The number of amides is 2. The summed E-state index contributed by atoms with van der Waals surface area (Å²) in [6.45, 7) is 0.298. The van der Waals surface area contributed by atoms with Gasteiger partial charge in [-0.1, -0.05) is 62.9 Å². The Bertz CT molecular complexity index is 1210. The summed E-state index contributed by atoms with van der Waals surface area (Å²) >= 11 is 22.9. The first-order chi connectivity index (χ1) is 15.3. The van der Waals surface area contributed by atoms with Crippen molar-refractivity contribution in [3.05, 3.63) is 96.2 Å². The van der Waals surface area contributed by atoms with E-state index in [1.807, 2.05) is 24.3 Å². The Morgan fingerprint density at radius 2 is 1.56 bits per heavy atom. The zero-order chi connectivity index (χ0) is 22.8. The van der Waals surface area contributed by atoms with Gasteiger partial charge in [-0.3, -0.25) is 9.59 Å². The molecular formula is C23H13BrCl3NO3S. The zero-order valence-corrected chi connectivity index (χ0v) is 20.8. The molecule has 3 aromatic rings. The van der Waals surface area contributed by atoms with E-state index in [1.54, 1.807) is 42.5 Å².